The third-order valence-electron chi connectivity index (χ3n) is 5.15. The maximum absolute atomic E-state index is 12.5. The lowest BCUT2D eigenvalue weighted by Gasteiger charge is -2.15. The molecule has 0 fully saturated rings. The smallest absolute Gasteiger partial charge is 0.234 e. The molecule has 2 aromatic carbocycles. The van der Waals surface area contributed by atoms with E-state index in [1.54, 1.807) is 0 Å². The van der Waals surface area contributed by atoms with Crippen molar-refractivity contribution in [3.63, 3.8) is 0 Å². The van der Waals surface area contributed by atoms with Crippen LogP contribution in [0.15, 0.2) is 47.6 Å². The van der Waals surface area contributed by atoms with Crippen molar-refractivity contribution in [3.8, 4) is 5.75 Å². The van der Waals surface area contributed by atoms with Gasteiger partial charge in [0.05, 0.1) is 5.75 Å². The van der Waals surface area contributed by atoms with Crippen LogP contribution in [0.4, 0.5) is 5.69 Å². The van der Waals surface area contributed by atoms with Crippen LogP contribution in [0.5, 0.6) is 5.75 Å². The molecular formula is C25H32N4O2S. The van der Waals surface area contributed by atoms with Crippen LogP contribution in [-0.2, 0) is 11.4 Å². The average molecular weight is 453 g/mol. The SMILES string of the molecule is Cc1ccc(C)c(OCc2nnc(SCC(=O)Nc3ccc(C(C)C)cc3)n2C(C)C)c1. The van der Waals surface area contributed by atoms with Crippen molar-refractivity contribution in [1.82, 2.24) is 14.8 Å². The number of hydrogen-bond donors (Lipinski definition) is 1. The Morgan fingerprint density at radius 1 is 1.06 bits per heavy atom. The highest BCUT2D eigenvalue weighted by atomic mass is 32.2. The molecule has 0 unspecified atom stereocenters. The van der Waals surface area contributed by atoms with E-state index < -0.39 is 0 Å². The molecule has 1 N–H and O–H groups in total. The molecule has 1 amide bonds. The summed E-state index contributed by atoms with van der Waals surface area (Å²) in [6, 6.07) is 14.3. The zero-order chi connectivity index (χ0) is 23.3. The molecule has 7 heteroatoms. The number of aryl methyl sites for hydroxylation is 2. The van der Waals surface area contributed by atoms with E-state index in [9.17, 15) is 4.79 Å². The standard InChI is InChI=1S/C25H32N4O2S/c1-16(2)20-9-11-21(12-10-20)26-24(30)15-32-25-28-27-23(29(25)17(3)4)14-31-22-13-18(5)7-8-19(22)6/h7-13,16-17H,14-15H2,1-6H3,(H,26,30). The van der Waals surface area contributed by atoms with Crippen molar-refractivity contribution in [2.45, 2.75) is 65.3 Å². The second kappa shape index (κ2) is 10.7. The highest BCUT2D eigenvalue weighted by Gasteiger charge is 2.17. The van der Waals surface area contributed by atoms with E-state index in [-0.39, 0.29) is 17.7 Å². The minimum atomic E-state index is -0.0706. The molecule has 0 saturated carbocycles. The van der Waals surface area contributed by atoms with Gasteiger partial charge in [0.15, 0.2) is 11.0 Å². The fourth-order valence-corrected chi connectivity index (χ4v) is 4.19. The maximum Gasteiger partial charge on any atom is 0.234 e. The summed E-state index contributed by atoms with van der Waals surface area (Å²) >= 11 is 1.38. The van der Waals surface area contributed by atoms with Crippen LogP contribution < -0.4 is 10.1 Å². The van der Waals surface area contributed by atoms with E-state index in [1.165, 1.54) is 17.3 Å². The second-order valence-electron chi connectivity index (χ2n) is 8.53. The predicted octanol–water partition coefficient (Wildman–Crippen LogP) is 5.91. The number of amides is 1. The van der Waals surface area contributed by atoms with Gasteiger partial charge in [-0.3, -0.25) is 4.79 Å². The summed E-state index contributed by atoms with van der Waals surface area (Å²) in [6.45, 7) is 12.8. The Morgan fingerprint density at radius 2 is 1.78 bits per heavy atom. The van der Waals surface area contributed by atoms with Gasteiger partial charge in [-0.25, -0.2) is 0 Å². The lowest BCUT2D eigenvalue weighted by molar-refractivity contribution is -0.113. The molecule has 0 aliphatic carbocycles. The molecule has 0 aliphatic heterocycles. The van der Waals surface area contributed by atoms with Crippen molar-refractivity contribution < 1.29 is 9.53 Å². The molecule has 6 nitrogen and oxygen atoms in total. The van der Waals surface area contributed by atoms with Crippen LogP contribution >= 0.6 is 11.8 Å². The molecule has 0 spiro atoms. The second-order valence-corrected chi connectivity index (χ2v) is 9.48. The van der Waals surface area contributed by atoms with Crippen LogP contribution in [0.25, 0.3) is 0 Å². The van der Waals surface area contributed by atoms with E-state index in [4.69, 9.17) is 4.74 Å². The maximum atomic E-state index is 12.5. The van der Waals surface area contributed by atoms with Crippen LogP contribution in [0.1, 0.15) is 62.2 Å². The zero-order valence-corrected chi connectivity index (χ0v) is 20.5. The van der Waals surface area contributed by atoms with Crippen molar-refractivity contribution in [2.75, 3.05) is 11.1 Å². The Hall–Kier alpha value is -2.80. The predicted molar refractivity (Wildman–Crippen MR) is 131 cm³/mol. The molecular weight excluding hydrogens is 420 g/mol. The molecule has 0 radical (unpaired) electrons. The van der Waals surface area contributed by atoms with Crippen LogP contribution in [0.3, 0.4) is 0 Å². The molecule has 1 aromatic heterocycles. The Kier molecular flexibility index (Phi) is 7.96. The van der Waals surface area contributed by atoms with E-state index in [0.717, 1.165) is 28.4 Å². The summed E-state index contributed by atoms with van der Waals surface area (Å²) in [7, 11) is 0. The molecule has 1 heterocycles. The van der Waals surface area contributed by atoms with Gasteiger partial charge in [-0.15, -0.1) is 10.2 Å². The summed E-state index contributed by atoms with van der Waals surface area (Å²) < 4.78 is 8.06. The van der Waals surface area contributed by atoms with Crippen molar-refractivity contribution in [1.29, 1.82) is 0 Å². The summed E-state index contributed by atoms with van der Waals surface area (Å²) in [4.78, 5) is 12.5. The number of thioether (sulfide) groups is 1. The van der Waals surface area contributed by atoms with Gasteiger partial charge in [0.2, 0.25) is 5.91 Å². The Labute approximate surface area is 194 Å². The largest absolute Gasteiger partial charge is 0.485 e. The lowest BCUT2D eigenvalue weighted by atomic mass is 10.0. The molecule has 32 heavy (non-hydrogen) atoms. The minimum Gasteiger partial charge on any atom is -0.485 e. The van der Waals surface area contributed by atoms with E-state index in [0.29, 0.717) is 17.7 Å². The first-order chi connectivity index (χ1) is 15.2. The zero-order valence-electron chi connectivity index (χ0n) is 19.7. The quantitative estimate of drug-likeness (QED) is 0.409. The third kappa shape index (κ3) is 6.13. The number of aromatic nitrogens is 3. The van der Waals surface area contributed by atoms with E-state index >= 15 is 0 Å². The summed E-state index contributed by atoms with van der Waals surface area (Å²) in [6.07, 6.45) is 0. The van der Waals surface area contributed by atoms with Gasteiger partial charge >= 0.3 is 0 Å². The molecule has 170 valence electrons. The molecule has 0 atom stereocenters. The van der Waals surface area contributed by atoms with Crippen LogP contribution in [-0.4, -0.2) is 26.4 Å². The number of anilines is 1. The number of benzene rings is 2. The van der Waals surface area contributed by atoms with Gasteiger partial charge < -0.3 is 14.6 Å². The van der Waals surface area contributed by atoms with Gasteiger partial charge in [0, 0.05) is 11.7 Å². The monoisotopic (exact) mass is 452 g/mol. The summed E-state index contributed by atoms with van der Waals surface area (Å²) in [5, 5.41) is 12.3. The fourth-order valence-electron chi connectivity index (χ4n) is 3.31. The molecule has 0 aliphatic rings. The number of carbonyl (C=O) groups is 1. The fraction of sp³-hybridized carbons (Fsp3) is 0.400. The Bertz CT molecular complexity index is 1060. The lowest BCUT2D eigenvalue weighted by Crippen LogP contribution is -2.15. The normalized spacial score (nSPS) is 11.2. The first-order valence-electron chi connectivity index (χ1n) is 10.9. The van der Waals surface area contributed by atoms with Crippen LogP contribution in [0, 0.1) is 13.8 Å². The number of ether oxygens (including phenoxy) is 1. The van der Waals surface area contributed by atoms with Gasteiger partial charge in [-0.05, 0) is 68.5 Å². The Balaban J connectivity index is 1.62. The molecule has 3 aromatic rings. The van der Waals surface area contributed by atoms with Crippen molar-refractivity contribution in [3.05, 3.63) is 65.0 Å². The van der Waals surface area contributed by atoms with Gasteiger partial charge in [-0.1, -0.05) is 49.9 Å². The first-order valence-corrected chi connectivity index (χ1v) is 11.9. The average Bonchev–Trinajstić information content (AvgIpc) is 3.16. The topological polar surface area (TPSA) is 69.0 Å². The number of hydrogen-bond acceptors (Lipinski definition) is 5. The van der Waals surface area contributed by atoms with Crippen molar-refractivity contribution in [2.24, 2.45) is 0 Å². The minimum absolute atomic E-state index is 0.0706. The first kappa shape index (κ1) is 23.9. The molecule has 0 bridgehead atoms. The molecule has 3 rings (SSSR count). The van der Waals surface area contributed by atoms with Crippen LogP contribution in [0.2, 0.25) is 0 Å². The number of carbonyl (C=O) groups excluding carboxylic acids is 1. The number of nitrogens with one attached hydrogen (secondary N) is 1. The van der Waals surface area contributed by atoms with Crippen molar-refractivity contribution >= 4 is 23.4 Å². The highest BCUT2D eigenvalue weighted by molar-refractivity contribution is 7.99. The summed E-state index contributed by atoms with van der Waals surface area (Å²) in [5.41, 5.74) is 4.28. The summed E-state index contributed by atoms with van der Waals surface area (Å²) in [5.74, 6) is 2.24. The van der Waals surface area contributed by atoms with Gasteiger partial charge in [0.25, 0.3) is 0 Å². The van der Waals surface area contributed by atoms with Gasteiger partial charge in [-0.2, -0.15) is 0 Å². The highest BCUT2D eigenvalue weighted by Crippen LogP contribution is 2.25. The van der Waals surface area contributed by atoms with E-state index in [2.05, 4.69) is 49.3 Å². The Morgan fingerprint density at radius 3 is 2.44 bits per heavy atom. The third-order valence-corrected chi connectivity index (χ3v) is 6.09. The number of nitrogens with zero attached hydrogens (tertiary/aromatic N) is 3. The van der Waals surface area contributed by atoms with Gasteiger partial charge in [0.1, 0.15) is 12.4 Å². The number of rotatable bonds is 9. The van der Waals surface area contributed by atoms with E-state index in [1.807, 2.05) is 54.8 Å². The molecule has 0 saturated heterocycles.